The van der Waals surface area contributed by atoms with Gasteiger partial charge in [0.25, 0.3) is 0 Å². The number of methoxy groups -OCH3 is 1. The van der Waals surface area contributed by atoms with Crippen molar-refractivity contribution >= 4 is 6.21 Å². The first-order valence-corrected chi connectivity index (χ1v) is 3.13. The first-order valence-electron chi connectivity index (χ1n) is 3.13. The van der Waals surface area contributed by atoms with Gasteiger partial charge < -0.3 is 14.7 Å². The predicted octanol–water partition coefficient (Wildman–Crippen LogP) is 0.297. The zero-order valence-electron chi connectivity index (χ0n) is 6.35. The minimum Gasteiger partial charge on any atom is -0.496 e. The predicted molar refractivity (Wildman–Crippen MR) is 40.3 cm³/mol. The summed E-state index contributed by atoms with van der Waals surface area (Å²) in [7, 11) is 1.43. The standard InChI is InChI=1S/C7H6N2O3/c1-11-5-2-6(4-9-8)12-7(10)3-5/h2-4H,1H3. The van der Waals surface area contributed by atoms with Crippen LogP contribution < -0.4 is 10.4 Å². The maximum absolute atomic E-state index is 10.8. The monoisotopic (exact) mass is 166 g/mol. The van der Waals surface area contributed by atoms with Gasteiger partial charge in [-0.2, -0.15) is 4.79 Å². The molecule has 0 saturated carbocycles. The van der Waals surface area contributed by atoms with E-state index in [1.165, 1.54) is 19.2 Å². The summed E-state index contributed by atoms with van der Waals surface area (Å²) in [5.41, 5.74) is 7.59. The van der Waals surface area contributed by atoms with Gasteiger partial charge in [0.05, 0.1) is 13.2 Å². The molecule has 0 fully saturated rings. The molecule has 0 radical (unpaired) electrons. The van der Waals surface area contributed by atoms with Gasteiger partial charge in [0.15, 0.2) is 0 Å². The molecule has 12 heavy (non-hydrogen) atoms. The zero-order chi connectivity index (χ0) is 8.97. The Morgan fingerprint density at radius 2 is 2.42 bits per heavy atom. The summed E-state index contributed by atoms with van der Waals surface area (Å²) in [6.45, 7) is 0. The second kappa shape index (κ2) is 3.50. The molecule has 1 rings (SSSR count). The first-order chi connectivity index (χ1) is 5.76. The van der Waals surface area contributed by atoms with Gasteiger partial charge in [0.2, 0.25) is 5.76 Å². The number of hydrogen-bond donors (Lipinski definition) is 0. The maximum atomic E-state index is 10.8. The lowest BCUT2D eigenvalue weighted by atomic mass is 10.4. The van der Waals surface area contributed by atoms with E-state index in [9.17, 15) is 4.79 Å². The van der Waals surface area contributed by atoms with Crippen LogP contribution in [0.25, 0.3) is 5.53 Å². The van der Waals surface area contributed by atoms with E-state index in [1.807, 2.05) is 0 Å². The van der Waals surface area contributed by atoms with Crippen molar-refractivity contribution in [3.63, 3.8) is 0 Å². The van der Waals surface area contributed by atoms with Crippen LogP contribution in [0.1, 0.15) is 5.76 Å². The highest BCUT2D eigenvalue weighted by Gasteiger charge is 2.01. The molecular weight excluding hydrogens is 160 g/mol. The molecule has 0 bridgehead atoms. The van der Waals surface area contributed by atoms with Gasteiger partial charge in [-0.05, 0) is 0 Å². The largest absolute Gasteiger partial charge is 0.496 e. The minimum absolute atomic E-state index is 0.141. The number of ether oxygens (including phenoxy) is 1. The lowest BCUT2D eigenvalue weighted by molar-refractivity contribution is 0.00283. The van der Waals surface area contributed by atoms with Crippen molar-refractivity contribution in [1.29, 1.82) is 0 Å². The molecule has 0 N–H and O–H groups in total. The molecule has 0 amide bonds. The van der Waals surface area contributed by atoms with E-state index < -0.39 is 5.63 Å². The molecular formula is C7H6N2O3. The summed E-state index contributed by atoms with van der Waals surface area (Å²) >= 11 is 0. The van der Waals surface area contributed by atoms with Crippen molar-refractivity contribution in [2.24, 2.45) is 0 Å². The van der Waals surface area contributed by atoms with Crippen molar-refractivity contribution in [3.05, 3.63) is 33.8 Å². The third-order valence-electron chi connectivity index (χ3n) is 1.18. The zero-order valence-corrected chi connectivity index (χ0v) is 6.35. The van der Waals surface area contributed by atoms with Crippen LogP contribution in [0.4, 0.5) is 0 Å². The van der Waals surface area contributed by atoms with Crippen LogP contribution in [0.2, 0.25) is 0 Å². The van der Waals surface area contributed by atoms with E-state index in [-0.39, 0.29) is 5.76 Å². The quantitative estimate of drug-likeness (QED) is 0.360. The molecule has 1 aromatic heterocycles. The molecule has 5 heteroatoms. The molecule has 62 valence electrons. The third-order valence-corrected chi connectivity index (χ3v) is 1.18. The topological polar surface area (TPSA) is 75.8 Å². The van der Waals surface area contributed by atoms with Gasteiger partial charge in [0.1, 0.15) is 5.75 Å². The van der Waals surface area contributed by atoms with Crippen molar-refractivity contribution in [3.8, 4) is 5.75 Å². The summed E-state index contributed by atoms with van der Waals surface area (Å²) in [6.07, 6.45) is 1.00. The number of hydrogen-bond acceptors (Lipinski definition) is 3. The van der Waals surface area contributed by atoms with Gasteiger partial charge in [0, 0.05) is 6.07 Å². The van der Waals surface area contributed by atoms with Crippen LogP contribution >= 0.6 is 0 Å². The van der Waals surface area contributed by atoms with E-state index in [4.69, 9.17) is 10.3 Å². The highest BCUT2D eigenvalue weighted by Crippen LogP contribution is 2.06. The molecule has 5 nitrogen and oxygen atoms in total. The van der Waals surface area contributed by atoms with Crippen LogP contribution in [0, 0.1) is 0 Å². The van der Waals surface area contributed by atoms with Gasteiger partial charge in [-0.25, -0.2) is 4.79 Å². The smallest absolute Gasteiger partial charge is 0.340 e. The number of nitrogens with zero attached hydrogens (tertiary/aromatic N) is 2. The van der Waals surface area contributed by atoms with Crippen LogP contribution in [-0.4, -0.2) is 18.1 Å². The van der Waals surface area contributed by atoms with Crippen LogP contribution in [0.3, 0.4) is 0 Å². The molecule has 0 aliphatic carbocycles. The van der Waals surface area contributed by atoms with E-state index in [0.717, 1.165) is 6.21 Å². The van der Waals surface area contributed by atoms with Gasteiger partial charge in [-0.1, -0.05) is 0 Å². The Kier molecular flexibility index (Phi) is 2.40. The minimum atomic E-state index is -0.552. The lowest BCUT2D eigenvalue weighted by Crippen LogP contribution is -2.00. The van der Waals surface area contributed by atoms with E-state index in [1.54, 1.807) is 0 Å². The van der Waals surface area contributed by atoms with Crippen molar-refractivity contribution in [2.75, 3.05) is 7.11 Å². The summed E-state index contributed by atoms with van der Waals surface area (Å²) in [5, 5.41) is 0. The first kappa shape index (κ1) is 8.23. The summed E-state index contributed by atoms with van der Waals surface area (Å²) < 4.78 is 9.39. The average Bonchev–Trinajstić information content (AvgIpc) is 2.04. The molecule has 0 atom stereocenters. The molecule has 1 heterocycles. The van der Waals surface area contributed by atoms with Crippen molar-refractivity contribution < 1.29 is 13.9 Å². The number of rotatable bonds is 2. The maximum Gasteiger partial charge on any atom is 0.340 e. The van der Waals surface area contributed by atoms with Crippen molar-refractivity contribution in [1.82, 2.24) is 0 Å². The molecule has 0 aliphatic heterocycles. The van der Waals surface area contributed by atoms with E-state index in [0.29, 0.717) is 5.75 Å². The van der Waals surface area contributed by atoms with Crippen LogP contribution in [0.5, 0.6) is 5.75 Å². The second-order valence-electron chi connectivity index (χ2n) is 1.96. The Morgan fingerprint density at radius 1 is 1.67 bits per heavy atom. The third kappa shape index (κ3) is 1.81. The molecule has 0 aromatic carbocycles. The van der Waals surface area contributed by atoms with Gasteiger partial charge in [-0.3, -0.25) is 0 Å². The van der Waals surface area contributed by atoms with Gasteiger partial charge >= 0.3 is 11.8 Å². The highest BCUT2D eigenvalue weighted by atomic mass is 16.5. The van der Waals surface area contributed by atoms with Crippen molar-refractivity contribution in [2.45, 2.75) is 0 Å². The fourth-order valence-electron chi connectivity index (χ4n) is 0.711. The summed E-state index contributed by atoms with van der Waals surface area (Å²) in [6, 6.07) is 2.62. The van der Waals surface area contributed by atoms with Crippen LogP contribution in [0.15, 0.2) is 21.3 Å². The second-order valence-corrected chi connectivity index (χ2v) is 1.96. The Labute approximate surface area is 67.8 Å². The van der Waals surface area contributed by atoms with Gasteiger partial charge in [-0.15, -0.1) is 0 Å². The fraction of sp³-hybridized carbons (Fsp3) is 0.143. The molecule has 1 aromatic rings. The summed E-state index contributed by atoms with van der Waals surface area (Å²) in [4.78, 5) is 13.5. The SMILES string of the molecule is COc1cc(C=[N+]=[N-])oc(=O)c1. The Balaban J connectivity index is 3.23. The molecule has 0 saturated heterocycles. The molecule has 0 aliphatic rings. The molecule has 0 spiro atoms. The Bertz CT molecular complexity index is 376. The normalized spacial score (nSPS) is 8.75. The molecule has 0 unspecified atom stereocenters. The Morgan fingerprint density at radius 3 is 3.00 bits per heavy atom. The van der Waals surface area contributed by atoms with E-state index >= 15 is 0 Å². The van der Waals surface area contributed by atoms with Crippen LogP contribution in [-0.2, 0) is 0 Å². The lowest BCUT2D eigenvalue weighted by Gasteiger charge is -1.95. The Hall–Kier alpha value is -1.87. The van der Waals surface area contributed by atoms with E-state index in [2.05, 4.69) is 9.21 Å². The average molecular weight is 166 g/mol. The fourth-order valence-corrected chi connectivity index (χ4v) is 0.711. The highest BCUT2D eigenvalue weighted by molar-refractivity contribution is 5.71. The summed E-state index contributed by atoms with van der Waals surface area (Å²) in [5.74, 6) is 0.503.